The quantitative estimate of drug-likeness (QED) is 0.610. The van der Waals surface area contributed by atoms with Crippen LogP contribution in [0, 0.1) is 6.92 Å². The first kappa shape index (κ1) is 9.97. The standard InChI is InChI=1S/C13H15Br/c1-9-4-6-11-10(8-9)5-7-12(14)13(11,2)3/h4-8,12H,1-3H3. The van der Waals surface area contributed by atoms with E-state index in [0.717, 1.165) is 0 Å². The molecule has 0 spiro atoms. The van der Waals surface area contributed by atoms with Crippen LogP contribution in [0.5, 0.6) is 0 Å². The Morgan fingerprint density at radius 1 is 1.29 bits per heavy atom. The normalized spacial score (nSPS) is 23.3. The molecule has 0 amide bonds. The maximum atomic E-state index is 3.71. The minimum atomic E-state index is 0.192. The van der Waals surface area contributed by atoms with E-state index in [0.29, 0.717) is 4.83 Å². The van der Waals surface area contributed by atoms with Gasteiger partial charge in [-0.3, -0.25) is 0 Å². The molecule has 0 bridgehead atoms. The number of fused-ring (bicyclic) bond motifs is 1. The lowest BCUT2D eigenvalue weighted by Crippen LogP contribution is -2.30. The minimum absolute atomic E-state index is 0.192. The smallest absolute Gasteiger partial charge is 0.0420 e. The van der Waals surface area contributed by atoms with Gasteiger partial charge in [0.1, 0.15) is 0 Å². The molecule has 1 atom stereocenters. The van der Waals surface area contributed by atoms with Crippen molar-refractivity contribution in [3.63, 3.8) is 0 Å². The van der Waals surface area contributed by atoms with Crippen molar-refractivity contribution in [2.45, 2.75) is 31.0 Å². The first-order valence-electron chi connectivity index (χ1n) is 4.95. The number of benzene rings is 1. The first-order valence-corrected chi connectivity index (χ1v) is 5.87. The molecule has 2 rings (SSSR count). The van der Waals surface area contributed by atoms with Gasteiger partial charge in [0, 0.05) is 10.2 Å². The number of alkyl halides is 1. The molecule has 0 saturated carbocycles. The molecule has 0 nitrogen and oxygen atoms in total. The van der Waals surface area contributed by atoms with E-state index in [1.807, 2.05) is 0 Å². The SMILES string of the molecule is Cc1ccc2c(c1)C=CC(Br)C2(C)C. The fourth-order valence-corrected chi connectivity index (χ4v) is 2.38. The summed E-state index contributed by atoms with van der Waals surface area (Å²) in [5.41, 5.74) is 4.33. The van der Waals surface area contributed by atoms with Crippen LogP contribution in [0.25, 0.3) is 6.08 Å². The molecule has 1 aromatic carbocycles. The second kappa shape index (κ2) is 3.23. The summed E-state index contributed by atoms with van der Waals surface area (Å²) < 4.78 is 0. The Morgan fingerprint density at radius 3 is 2.71 bits per heavy atom. The van der Waals surface area contributed by atoms with Crippen molar-refractivity contribution in [1.29, 1.82) is 0 Å². The predicted octanol–water partition coefficient (Wildman–Crippen LogP) is 4.06. The lowest BCUT2D eigenvalue weighted by atomic mass is 9.75. The molecule has 0 aliphatic heterocycles. The minimum Gasteiger partial charge on any atom is -0.0836 e. The van der Waals surface area contributed by atoms with E-state index in [1.54, 1.807) is 0 Å². The van der Waals surface area contributed by atoms with Gasteiger partial charge in [0.15, 0.2) is 0 Å². The van der Waals surface area contributed by atoms with E-state index in [2.05, 4.69) is 67.1 Å². The van der Waals surface area contributed by atoms with Crippen molar-refractivity contribution in [2.24, 2.45) is 0 Å². The molecular weight excluding hydrogens is 236 g/mol. The second-order valence-corrected chi connectivity index (χ2v) is 5.56. The van der Waals surface area contributed by atoms with Gasteiger partial charge in [-0.05, 0) is 18.1 Å². The van der Waals surface area contributed by atoms with Crippen LogP contribution in [0.1, 0.15) is 30.5 Å². The van der Waals surface area contributed by atoms with Gasteiger partial charge in [0.25, 0.3) is 0 Å². The summed E-state index contributed by atoms with van der Waals surface area (Å²) in [6, 6.07) is 6.70. The zero-order valence-corrected chi connectivity index (χ0v) is 10.4. The van der Waals surface area contributed by atoms with Crippen LogP contribution in [-0.4, -0.2) is 4.83 Å². The van der Waals surface area contributed by atoms with Gasteiger partial charge < -0.3 is 0 Å². The topological polar surface area (TPSA) is 0 Å². The fourth-order valence-electron chi connectivity index (χ4n) is 1.98. The Balaban J connectivity index is 2.61. The number of halogens is 1. The summed E-state index contributed by atoms with van der Waals surface area (Å²) in [6.45, 7) is 6.70. The van der Waals surface area contributed by atoms with Crippen LogP contribution in [0.15, 0.2) is 24.3 Å². The largest absolute Gasteiger partial charge is 0.0836 e. The van der Waals surface area contributed by atoms with Crippen LogP contribution in [0.3, 0.4) is 0 Å². The van der Waals surface area contributed by atoms with Gasteiger partial charge in [0.05, 0.1) is 0 Å². The van der Waals surface area contributed by atoms with Gasteiger partial charge >= 0.3 is 0 Å². The molecule has 14 heavy (non-hydrogen) atoms. The third-order valence-corrected chi connectivity index (χ3v) is 4.49. The molecule has 1 aliphatic carbocycles. The molecule has 0 fully saturated rings. The molecule has 0 aromatic heterocycles. The lowest BCUT2D eigenvalue weighted by Gasteiger charge is -2.34. The maximum Gasteiger partial charge on any atom is 0.0420 e. The van der Waals surface area contributed by atoms with Gasteiger partial charge in [-0.1, -0.05) is 65.7 Å². The molecule has 1 aromatic rings. The lowest BCUT2D eigenvalue weighted by molar-refractivity contribution is 0.547. The molecule has 0 heterocycles. The highest BCUT2D eigenvalue weighted by atomic mass is 79.9. The highest BCUT2D eigenvalue weighted by molar-refractivity contribution is 9.09. The van der Waals surface area contributed by atoms with Crippen LogP contribution in [0.2, 0.25) is 0 Å². The Labute approximate surface area is 94.2 Å². The number of hydrogen-bond acceptors (Lipinski definition) is 0. The average molecular weight is 251 g/mol. The van der Waals surface area contributed by atoms with E-state index in [-0.39, 0.29) is 5.41 Å². The molecule has 74 valence electrons. The third-order valence-electron chi connectivity index (χ3n) is 3.04. The van der Waals surface area contributed by atoms with Crippen molar-refractivity contribution in [2.75, 3.05) is 0 Å². The first-order chi connectivity index (χ1) is 6.51. The van der Waals surface area contributed by atoms with Gasteiger partial charge in [-0.2, -0.15) is 0 Å². The Hall–Kier alpha value is -0.560. The van der Waals surface area contributed by atoms with Gasteiger partial charge in [-0.15, -0.1) is 0 Å². The van der Waals surface area contributed by atoms with E-state index >= 15 is 0 Å². The van der Waals surface area contributed by atoms with Crippen LogP contribution in [0.4, 0.5) is 0 Å². The zero-order valence-electron chi connectivity index (χ0n) is 8.84. The van der Waals surface area contributed by atoms with Gasteiger partial charge in [-0.25, -0.2) is 0 Å². The van der Waals surface area contributed by atoms with Crippen molar-refractivity contribution < 1.29 is 0 Å². The summed E-state index contributed by atoms with van der Waals surface area (Å²) in [5.74, 6) is 0. The zero-order chi connectivity index (χ0) is 10.3. The van der Waals surface area contributed by atoms with Crippen molar-refractivity contribution in [3.8, 4) is 0 Å². The van der Waals surface area contributed by atoms with E-state index in [9.17, 15) is 0 Å². The predicted molar refractivity (Wildman–Crippen MR) is 66.0 cm³/mol. The summed E-state index contributed by atoms with van der Waals surface area (Å²) >= 11 is 3.71. The Morgan fingerprint density at radius 2 is 2.00 bits per heavy atom. The number of allylic oxidation sites excluding steroid dienone is 1. The summed E-state index contributed by atoms with van der Waals surface area (Å²) in [5, 5.41) is 0. The fraction of sp³-hybridized carbons (Fsp3) is 0.385. The molecule has 0 saturated heterocycles. The van der Waals surface area contributed by atoms with E-state index < -0.39 is 0 Å². The van der Waals surface area contributed by atoms with Crippen LogP contribution < -0.4 is 0 Å². The number of aryl methyl sites for hydroxylation is 1. The van der Waals surface area contributed by atoms with Crippen molar-refractivity contribution in [3.05, 3.63) is 41.0 Å². The molecule has 1 heteroatoms. The van der Waals surface area contributed by atoms with E-state index in [4.69, 9.17) is 0 Å². The Bertz CT molecular complexity index is 388. The summed E-state index contributed by atoms with van der Waals surface area (Å²) in [6.07, 6.45) is 4.45. The van der Waals surface area contributed by atoms with E-state index in [1.165, 1.54) is 16.7 Å². The van der Waals surface area contributed by atoms with Crippen LogP contribution in [-0.2, 0) is 5.41 Å². The van der Waals surface area contributed by atoms with Crippen LogP contribution >= 0.6 is 15.9 Å². The highest BCUT2D eigenvalue weighted by Crippen LogP contribution is 2.39. The molecule has 1 aliphatic rings. The number of hydrogen-bond donors (Lipinski definition) is 0. The molecule has 0 N–H and O–H groups in total. The average Bonchev–Trinajstić information content (AvgIpc) is 2.12. The molecule has 1 unspecified atom stereocenters. The summed E-state index contributed by atoms with van der Waals surface area (Å²) in [4.78, 5) is 0.435. The summed E-state index contributed by atoms with van der Waals surface area (Å²) in [7, 11) is 0. The molecule has 0 radical (unpaired) electrons. The second-order valence-electron chi connectivity index (χ2n) is 4.57. The highest BCUT2D eigenvalue weighted by Gasteiger charge is 2.31. The van der Waals surface area contributed by atoms with Gasteiger partial charge in [0.2, 0.25) is 0 Å². The Kier molecular flexibility index (Phi) is 2.30. The van der Waals surface area contributed by atoms with Crippen molar-refractivity contribution >= 4 is 22.0 Å². The van der Waals surface area contributed by atoms with Crippen molar-refractivity contribution in [1.82, 2.24) is 0 Å². The molecular formula is C13H15Br. The number of rotatable bonds is 0. The third kappa shape index (κ3) is 1.44. The maximum absolute atomic E-state index is 3.71. The monoisotopic (exact) mass is 250 g/mol.